The molecule has 2 N–H and O–H groups in total. The molecule has 0 spiro atoms. The second kappa shape index (κ2) is 6.56. The molecule has 3 heteroatoms. The van der Waals surface area contributed by atoms with Crippen molar-refractivity contribution in [2.75, 3.05) is 20.3 Å². The maximum atomic E-state index is 9.83. The summed E-state index contributed by atoms with van der Waals surface area (Å²) >= 11 is 0. The third-order valence-corrected chi connectivity index (χ3v) is 2.26. The molecule has 0 saturated carbocycles. The van der Waals surface area contributed by atoms with Gasteiger partial charge >= 0.3 is 0 Å². The normalized spacial score (nSPS) is 14.9. The molecule has 0 aromatic heterocycles. The van der Waals surface area contributed by atoms with Crippen LogP contribution in [0.15, 0.2) is 30.3 Å². The molecule has 2 atom stereocenters. The van der Waals surface area contributed by atoms with Gasteiger partial charge in [-0.05, 0) is 12.5 Å². The number of aliphatic hydroxyl groups is 1. The topological polar surface area (TPSA) is 41.5 Å². The number of ether oxygens (including phenoxy) is 1. The Kier molecular flexibility index (Phi) is 5.32. The van der Waals surface area contributed by atoms with E-state index in [9.17, 15) is 5.11 Å². The lowest BCUT2D eigenvalue weighted by atomic mass is 10.1. The Bertz CT molecular complexity index is 264. The number of benzene rings is 1. The first-order valence-electron chi connectivity index (χ1n) is 5.19. The summed E-state index contributed by atoms with van der Waals surface area (Å²) in [5.41, 5.74) is 0.939. The van der Waals surface area contributed by atoms with E-state index in [-0.39, 0.29) is 6.04 Å². The van der Waals surface area contributed by atoms with Crippen LogP contribution < -0.4 is 5.32 Å². The number of hydrogen-bond acceptors (Lipinski definition) is 3. The Morgan fingerprint density at radius 1 is 1.33 bits per heavy atom. The molecule has 1 aromatic carbocycles. The third-order valence-electron chi connectivity index (χ3n) is 2.26. The number of rotatable bonds is 6. The monoisotopic (exact) mass is 209 g/mol. The van der Waals surface area contributed by atoms with Crippen LogP contribution in [-0.2, 0) is 4.74 Å². The smallest absolute Gasteiger partial charge is 0.0914 e. The van der Waals surface area contributed by atoms with Crippen LogP contribution in [-0.4, -0.2) is 31.4 Å². The first-order valence-corrected chi connectivity index (χ1v) is 5.19. The maximum Gasteiger partial charge on any atom is 0.0914 e. The molecule has 0 aliphatic heterocycles. The Balaban J connectivity index is 2.33. The van der Waals surface area contributed by atoms with Crippen molar-refractivity contribution >= 4 is 0 Å². The molecule has 0 saturated heterocycles. The fraction of sp³-hybridized carbons (Fsp3) is 0.500. The van der Waals surface area contributed by atoms with Crippen LogP contribution in [0.2, 0.25) is 0 Å². The molecular formula is C12H19NO2. The minimum atomic E-state index is -0.453. The maximum absolute atomic E-state index is 9.83. The highest BCUT2D eigenvalue weighted by Gasteiger charge is 2.08. The van der Waals surface area contributed by atoms with Crippen LogP contribution in [0.25, 0.3) is 0 Å². The zero-order valence-corrected chi connectivity index (χ0v) is 9.31. The van der Waals surface area contributed by atoms with Crippen LogP contribution in [0.1, 0.15) is 18.6 Å². The van der Waals surface area contributed by atoms with Gasteiger partial charge in [0.2, 0.25) is 0 Å². The van der Waals surface area contributed by atoms with Gasteiger partial charge in [0.05, 0.1) is 12.7 Å². The van der Waals surface area contributed by atoms with Crippen molar-refractivity contribution in [3.8, 4) is 0 Å². The minimum absolute atomic E-state index is 0.258. The number of hydrogen-bond donors (Lipinski definition) is 2. The molecule has 0 radical (unpaired) electrons. The van der Waals surface area contributed by atoms with Gasteiger partial charge < -0.3 is 15.2 Å². The van der Waals surface area contributed by atoms with Crippen molar-refractivity contribution in [2.45, 2.75) is 19.1 Å². The van der Waals surface area contributed by atoms with Gasteiger partial charge in [-0.25, -0.2) is 0 Å². The molecule has 0 bridgehead atoms. The fourth-order valence-electron chi connectivity index (χ4n) is 1.41. The van der Waals surface area contributed by atoms with E-state index in [1.807, 2.05) is 37.3 Å². The average molecular weight is 209 g/mol. The van der Waals surface area contributed by atoms with Gasteiger partial charge in [-0.2, -0.15) is 0 Å². The molecule has 1 rings (SSSR count). The summed E-state index contributed by atoms with van der Waals surface area (Å²) in [6, 6.07) is 9.90. The summed E-state index contributed by atoms with van der Waals surface area (Å²) in [6.45, 7) is 3.23. The molecule has 0 aliphatic rings. The molecule has 0 amide bonds. The molecule has 0 aliphatic carbocycles. The zero-order valence-electron chi connectivity index (χ0n) is 9.31. The van der Waals surface area contributed by atoms with E-state index in [2.05, 4.69) is 5.32 Å². The van der Waals surface area contributed by atoms with E-state index in [0.29, 0.717) is 13.2 Å². The Hall–Kier alpha value is -0.900. The van der Waals surface area contributed by atoms with Gasteiger partial charge in [0.15, 0.2) is 0 Å². The first kappa shape index (κ1) is 12.2. The van der Waals surface area contributed by atoms with Crippen molar-refractivity contribution in [2.24, 2.45) is 0 Å². The standard InChI is InChI=1S/C12H19NO2/c1-10(9-15-2)13-8-12(14)11-6-4-3-5-7-11/h3-7,10,12-14H,8-9H2,1-2H3/t10-,12-/m1/s1. The van der Waals surface area contributed by atoms with Crippen molar-refractivity contribution in [3.05, 3.63) is 35.9 Å². The Labute approximate surface area is 91.1 Å². The highest BCUT2D eigenvalue weighted by Crippen LogP contribution is 2.10. The largest absolute Gasteiger partial charge is 0.387 e. The van der Waals surface area contributed by atoms with Crippen molar-refractivity contribution in [1.29, 1.82) is 0 Å². The first-order chi connectivity index (χ1) is 7.24. The summed E-state index contributed by atoms with van der Waals surface area (Å²) in [6.07, 6.45) is -0.453. The van der Waals surface area contributed by atoms with Crippen molar-refractivity contribution in [1.82, 2.24) is 5.32 Å². The summed E-state index contributed by atoms with van der Waals surface area (Å²) in [7, 11) is 1.67. The van der Waals surface area contributed by atoms with Gasteiger partial charge in [0.25, 0.3) is 0 Å². The molecular weight excluding hydrogens is 190 g/mol. The van der Waals surface area contributed by atoms with Gasteiger partial charge in [-0.15, -0.1) is 0 Å². The van der Waals surface area contributed by atoms with E-state index < -0.39 is 6.10 Å². The summed E-state index contributed by atoms with van der Waals surface area (Å²) < 4.78 is 5.00. The number of aliphatic hydroxyl groups excluding tert-OH is 1. The average Bonchev–Trinajstić information content (AvgIpc) is 2.27. The number of methoxy groups -OCH3 is 1. The van der Waals surface area contributed by atoms with E-state index in [4.69, 9.17) is 4.74 Å². The van der Waals surface area contributed by atoms with E-state index >= 15 is 0 Å². The van der Waals surface area contributed by atoms with Crippen LogP contribution in [0.3, 0.4) is 0 Å². The predicted octanol–water partition coefficient (Wildman–Crippen LogP) is 1.34. The minimum Gasteiger partial charge on any atom is -0.387 e. The molecule has 1 aromatic rings. The van der Waals surface area contributed by atoms with Crippen LogP contribution in [0.4, 0.5) is 0 Å². The van der Waals surface area contributed by atoms with E-state index in [0.717, 1.165) is 5.56 Å². The SMILES string of the molecule is COC[C@@H](C)NC[C@@H](O)c1ccccc1. The molecule has 0 unspecified atom stereocenters. The van der Waals surface area contributed by atoms with Crippen molar-refractivity contribution in [3.63, 3.8) is 0 Å². The molecule has 3 nitrogen and oxygen atoms in total. The predicted molar refractivity (Wildman–Crippen MR) is 60.7 cm³/mol. The van der Waals surface area contributed by atoms with Crippen LogP contribution >= 0.6 is 0 Å². The van der Waals surface area contributed by atoms with Gasteiger partial charge in [-0.3, -0.25) is 0 Å². The zero-order chi connectivity index (χ0) is 11.1. The Morgan fingerprint density at radius 2 is 2.00 bits per heavy atom. The number of nitrogens with one attached hydrogen (secondary N) is 1. The summed E-state index contributed by atoms with van der Waals surface area (Å²) in [4.78, 5) is 0. The lowest BCUT2D eigenvalue weighted by Gasteiger charge is -2.16. The quantitative estimate of drug-likeness (QED) is 0.743. The molecule has 15 heavy (non-hydrogen) atoms. The van der Waals surface area contributed by atoms with Gasteiger partial charge in [-0.1, -0.05) is 30.3 Å². The van der Waals surface area contributed by atoms with Crippen LogP contribution in [0.5, 0.6) is 0 Å². The molecule has 0 heterocycles. The van der Waals surface area contributed by atoms with Crippen LogP contribution in [0, 0.1) is 0 Å². The second-order valence-corrected chi connectivity index (χ2v) is 3.69. The lowest BCUT2D eigenvalue weighted by molar-refractivity contribution is 0.143. The van der Waals surface area contributed by atoms with Crippen molar-refractivity contribution < 1.29 is 9.84 Å². The fourth-order valence-corrected chi connectivity index (χ4v) is 1.41. The third kappa shape index (κ3) is 4.42. The van der Waals surface area contributed by atoms with E-state index in [1.54, 1.807) is 7.11 Å². The summed E-state index contributed by atoms with van der Waals surface area (Å²) in [5, 5.41) is 13.0. The highest BCUT2D eigenvalue weighted by atomic mass is 16.5. The lowest BCUT2D eigenvalue weighted by Crippen LogP contribution is -2.33. The molecule has 0 fully saturated rings. The van der Waals surface area contributed by atoms with Gasteiger partial charge in [0.1, 0.15) is 0 Å². The molecule has 84 valence electrons. The van der Waals surface area contributed by atoms with Gasteiger partial charge in [0, 0.05) is 19.7 Å². The Morgan fingerprint density at radius 3 is 2.60 bits per heavy atom. The highest BCUT2D eigenvalue weighted by molar-refractivity contribution is 5.17. The van der Waals surface area contributed by atoms with E-state index in [1.165, 1.54) is 0 Å². The second-order valence-electron chi connectivity index (χ2n) is 3.69. The summed E-state index contributed by atoms with van der Waals surface area (Å²) in [5.74, 6) is 0.